The van der Waals surface area contributed by atoms with Crippen molar-refractivity contribution in [1.82, 2.24) is 9.88 Å². The second kappa shape index (κ2) is 5.10. The second-order valence-corrected chi connectivity index (χ2v) is 5.00. The van der Waals surface area contributed by atoms with Crippen molar-refractivity contribution in [3.63, 3.8) is 0 Å². The Morgan fingerprint density at radius 3 is 2.95 bits per heavy atom. The fourth-order valence-corrected chi connectivity index (χ4v) is 2.55. The predicted octanol–water partition coefficient (Wildman–Crippen LogP) is 0.0764. The van der Waals surface area contributed by atoms with Crippen molar-refractivity contribution in [2.75, 3.05) is 25.5 Å². The molecule has 0 saturated carbocycles. The molecule has 7 heteroatoms. The van der Waals surface area contributed by atoms with Gasteiger partial charge in [0.15, 0.2) is 0 Å². The molecule has 21 heavy (non-hydrogen) atoms. The summed E-state index contributed by atoms with van der Waals surface area (Å²) >= 11 is 0. The summed E-state index contributed by atoms with van der Waals surface area (Å²) in [5.41, 5.74) is 13.0. The van der Waals surface area contributed by atoms with Crippen molar-refractivity contribution in [3.05, 3.63) is 30.0 Å². The zero-order valence-electron chi connectivity index (χ0n) is 11.3. The van der Waals surface area contributed by atoms with Crippen LogP contribution in [-0.4, -0.2) is 47.5 Å². The average molecular weight is 288 g/mol. The summed E-state index contributed by atoms with van der Waals surface area (Å²) in [5.74, 6) is -0.818. The Kier molecular flexibility index (Phi) is 3.26. The summed E-state index contributed by atoms with van der Waals surface area (Å²) in [6.07, 6.45) is 1.62. The molecule has 110 valence electrons. The Hall–Kier alpha value is -2.54. The van der Waals surface area contributed by atoms with Gasteiger partial charge in [0.1, 0.15) is 6.04 Å². The largest absolute Gasteiger partial charge is 0.399 e. The third kappa shape index (κ3) is 2.31. The van der Waals surface area contributed by atoms with E-state index in [0.717, 1.165) is 10.9 Å². The van der Waals surface area contributed by atoms with Crippen LogP contribution in [-0.2, 0) is 9.53 Å². The second-order valence-electron chi connectivity index (χ2n) is 5.00. The number of nitrogens with zero attached hydrogens (tertiary/aromatic N) is 1. The summed E-state index contributed by atoms with van der Waals surface area (Å²) in [7, 11) is 0. The number of ether oxygens (including phenoxy) is 1. The third-order valence-electron chi connectivity index (χ3n) is 3.65. The maximum Gasteiger partial charge on any atom is 0.256 e. The molecule has 5 N–H and O–H groups in total. The molecular formula is C14H16N4O3. The smallest absolute Gasteiger partial charge is 0.256 e. The van der Waals surface area contributed by atoms with Crippen LogP contribution in [0.15, 0.2) is 24.4 Å². The topological polar surface area (TPSA) is 114 Å². The number of amides is 2. The zero-order valence-corrected chi connectivity index (χ0v) is 11.3. The molecule has 7 nitrogen and oxygen atoms in total. The maximum atomic E-state index is 12.7. The average Bonchev–Trinajstić information content (AvgIpc) is 2.89. The number of carbonyl (C=O) groups is 2. The summed E-state index contributed by atoms with van der Waals surface area (Å²) in [5, 5.41) is 0.731. The third-order valence-corrected chi connectivity index (χ3v) is 3.65. The first-order valence-electron chi connectivity index (χ1n) is 6.62. The predicted molar refractivity (Wildman–Crippen MR) is 77.5 cm³/mol. The molecular weight excluding hydrogens is 272 g/mol. The van der Waals surface area contributed by atoms with E-state index in [1.165, 1.54) is 4.90 Å². The normalized spacial score (nSPS) is 18.9. The van der Waals surface area contributed by atoms with Crippen LogP contribution in [0, 0.1) is 0 Å². The molecule has 1 aromatic carbocycles. The lowest BCUT2D eigenvalue weighted by Gasteiger charge is -2.33. The SMILES string of the molecule is NC(=O)C1COCCN1C(=O)c1c[nH]c2ccc(N)cc12. The van der Waals surface area contributed by atoms with Gasteiger partial charge in [-0.3, -0.25) is 9.59 Å². The van der Waals surface area contributed by atoms with Gasteiger partial charge in [-0.2, -0.15) is 0 Å². The Bertz CT molecular complexity index is 709. The Balaban J connectivity index is 1.99. The molecule has 1 aromatic heterocycles. The van der Waals surface area contributed by atoms with E-state index in [4.69, 9.17) is 16.2 Å². The van der Waals surface area contributed by atoms with E-state index in [2.05, 4.69) is 4.98 Å². The summed E-state index contributed by atoms with van der Waals surface area (Å²) in [6, 6.07) is 4.57. The van der Waals surface area contributed by atoms with Crippen molar-refractivity contribution in [2.45, 2.75) is 6.04 Å². The zero-order chi connectivity index (χ0) is 15.0. The first-order chi connectivity index (χ1) is 10.1. The number of hydrogen-bond donors (Lipinski definition) is 3. The number of anilines is 1. The molecule has 1 aliphatic rings. The molecule has 1 fully saturated rings. The number of primary amides is 1. The molecule has 2 heterocycles. The number of nitrogen functional groups attached to an aromatic ring is 1. The van der Waals surface area contributed by atoms with Crippen molar-refractivity contribution < 1.29 is 14.3 Å². The number of rotatable bonds is 2. The van der Waals surface area contributed by atoms with Crippen LogP contribution in [0.5, 0.6) is 0 Å². The van der Waals surface area contributed by atoms with Crippen LogP contribution in [0.3, 0.4) is 0 Å². The lowest BCUT2D eigenvalue weighted by Crippen LogP contribution is -2.54. The fraction of sp³-hybridized carbons (Fsp3) is 0.286. The Morgan fingerprint density at radius 1 is 1.38 bits per heavy atom. The molecule has 1 aliphatic heterocycles. The van der Waals surface area contributed by atoms with Gasteiger partial charge in [-0.15, -0.1) is 0 Å². The van der Waals surface area contributed by atoms with Crippen molar-refractivity contribution in [3.8, 4) is 0 Å². The minimum absolute atomic E-state index is 0.131. The van der Waals surface area contributed by atoms with Gasteiger partial charge < -0.3 is 26.1 Å². The van der Waals surface area contributed by atoms with Gasteiger partial charge in [0.25, 0.3) is 5.91 Å². The molecule has 0 bridgehead atoms. The number of fused-ring (bicyclic) bond motifs is 1. The lowest BCUT2D eigenvalue weighted by atomic mass is 10.1. The van der Waals surface area contributed by atoms with Gasteiger partial charge in [0.2, 0.25) is 5.91 Å². The molecule has 0 spiro atoms. The molecule has 0 aliphatic carbocycles. The lowest BCUT2D eigenvalue weighted by molar-refractivity contribution is -0.127. The van der Waals surface area contributed by atoms with Gasteiger partial charge in [-0.25, -0.2) is 0 Å². The highest BCUT2D eigenvalue weighted by molar-refractivity contribution is 6.08. The van der Waals surface area contributed by atoms with Crippen molar-refractivity contribution >= 4 is 28.4 Å². The number of carbonyl (C=O) groups excluding carboxylic acids is 2. The van der Waals surface area contributed by atoms with Crippen LogP contribution in [0.1, 0.15) is 10.4 Å². The van der Waals surface area contributed by atoms with E-state index in [1.54, 1.807) is 18.3 Å². The van der Waals surface area contributed by atoms with Gasteiger partial charge in [0.05, 0.1) is 18.8 Å². The van der Waals surface area contributed by atoms with Crippen molar-refractivity contribution in [2.24, 2.45) is 5.73 Å². The first kappa shape index (κ1) is 13.4. The molecule has 3 rings (SSSR count). The Labute approximate surface area is 120 Å². The van der Waals surface area contributed by atoms with Gasteiger partial charge in [0, 0.05) is 29.3 Å². The van der Waals surface area contributed by atoms with Gasteiger partial charge >= 0.3 is 0 Å². The quantitative estimate of drug-likeness (QED) is 0.679. The number of benzene rings is 1. The molecule has 1 unspecified atom stereocenters. The van der Waals surface area contributed by atoms with Crippen LogP contribution < -0.4 is 11.5 Å². The number of nitrogens with two attached hydrogens (primary N) is 2. The van der Waals surface area contributed by atoms with Crippen LogP contribution in [0.2, 0.25) is 0 Å². The molecule has 1 saturated heterocycles. The number of hydrogen-bond acceptors (Lipinski definition) is 4. The fourth-order valence-electron chi connectivity index (χ4n) is 2.55. The van der Waals surface area contributed by atoms with E-state index in [-0.39, 0.29) is 12.5 Å². The standard InChI is InChI=1S/C14H16N4O3/c15-8-1-2-11-9(5-8)10(6-17-11)14(20)18-3-4-21-7-12(18)13(16)19/h1-2,5-6,12,17H,3-4,7,15H2,(H2,16,19). The monoisotopic (exact) mass is 288 g/mol. The summed E-state index contributed by atoms with van der Waals surface area (Å²) < 4.78 is 5.23. The number of aromatic amines is 1. The number of nitrogens with one attached hydrogen (secondary N) is 1. The van der Waals surface area contributed by atoms with E-state index in [9.17, 15) is 9.59 Å². The van der Waals surface area contributed by atoms with E-state index >= 15 is 0 Å². The number of H-pyrrole nitrogens is 1. The highest BCUT2D eigenvalue weighted by Gasteiger charge is 2.32. The molecule has 2 amide bonds. The molecule has 2 aromatic rings. The highest BCUT2D eigenvalue weighted by atomic mass is 16.5. The number of aromatic nitrogens is 1. The van der Waals surface area contributed by atoms with Crippen LogP contribution >= 0.6 is 0 Å². The molecule has 1 atom stereocenters. The highest BCUT2D eigenvalue weighted by Crippen LogP contribution is 2.23. The summed E-state index contributed by atoms with van der Waals surface area (Å²) in [6.45, 7) is 0.854. The minimum Gasteiger partial charge on any atom is -0.399 e. The summed E-state index contributed by atoms with van der Waals surface area (Å²) in [4.78, 5) is 28.7. The molecule has 0 radical (unpaired) electrons. The first-order valence-corrected chi connectivity index (χ1v) is 6.62. The van der Waals surface area contributed by atoms with E-state index in [1.807, 2.05) is 6.07 Å². The van der Waals surface area contributed by atoms with Crippen LogP contribution in [0.4, 0.5) is 5.69 Å². The van der Waals surface area contributed by atoms with E-state index in [0.29, 0.717) is 24.4 Å². The van der Waals surface area contributed by atoms with Crippen molar-refractivity contribution in [1.29, 1.82) is 0 Å². The van der Waals surface area contributed by atoms with Gasteiger partial charge in [-0.05, 0) is 18.2 Å². The van der Waals surface area contributed by atoms with Gasteiger partial charge in [-0.1, -0.05) is 0 Å². The van der Waals surface area contributed by atoms with Crippen LogP contribution in [0.25, 0.3) is 10.9 Å². The number of morpholine rings is 1. The minimum atomic E-state index is -0.739. The maximum absolute atomic E-state index is 12.7. The van der Waals surface area contributed by atoms with E-state index < -0.39 is 11.9 Å². The Morgan fingerprint density at radius 2 is 2.19 bits per heavy atom.